The van der Waals surface area contributed by atoms with E-state index in [4.69, 9.17) is 5.73 Å². The molecule has 2 rings (SSSR count). The van der Waals surface area contributed by atoms with E-state index in [9.17, 15) is 0 Å². The third kappa shape index (κ3) is 6.92. The lowest BCUT2D eigenvalue weighted by atomic mass is 10.1. The Hall–Kier alpha value is -3.72. The van der Waals surface area contributed by atoms with Crippen LogP contribution in [0.2, 0.25) is 0 Å². The molecule has 2 aromatic rings. The topological polar surface area (TPSA) is 79.1 Å². The minimum Gasteiger partial charge on any atom is -0.397 e. The summed E-state index contributed by atoms with van der Waals surface area (Å²) in [5.41, 5.74) is 12.6. The fourth-order valence-corrected chi connectivity index (χ4v) is 3.20. The summed E-state index contributed by atoms with van der Waals surface area (Å²) >= 11 is 0. The molecule has 0 atom stereocenters. The second-order valence-electron chi connectivity index (χ2n) is 7.62. The van der Waals surface area contributed by atoms with Crippen molar-refractivity contribution in [3.05, 3.63) is 78.0 Å². The van der Waals surface area contributed by atoms with Crippen LogP contribution in [0.4, 0.5) is 11.5 Å². The smallest absolute Gasteiger partial charge is 0.158 e. The van der Waals surface area contributed by atoms with Crippen LogP contribution < -0.4 is 16.4 Å². The van der Waals surface area contributed by atoms with Crippen molar-refractivity contribution < 1.29 is 0 Å². The molecule has 0 saturated heterocycles. The molecule has 0 amide bonds. The van der Waals surface area contributed by atoms with Crippen molar-refractivity contribution in [3.63, 3.8) is 0 Å². The predicted molar refractivity (Wildman–Crippen MR) is 135 cm³/mol. The van der Waals surface area contributed by atoms with Crippen molar-refractivity contribution in [1.29, 1.82) is 0 Å². The number of nitrogens with one attached hydrogen (secondary N) is 2. The summed E-state index contributed by atoms with van der Waals surface area (Å²) in [6.07, 6.45) is 1.65. The summed E-state index contributed by atoms with van der Waals surface area (Å²) in [7, 11) is 1.95. The monoisotopic (exact) mass is 430 g/mol. The summed E-state index contributed by atoms with van der Waals surface area (Å²) < 4.78 is 0. The molecular weight excluding hydrogens is 396 g/mol. The summed E-state index contributed by atoms with van der Waals surface area (Å²) in [5, 5.41) is 6.73. The second-order valence-corrected chi connectivity index (χ2v) is 7.62. The maximum atomic E-state index is 5.97. The zero-order chi connectivity index (χ0) is 23.7. The lowest BCUT2D eigenvalue weighted by molar-refractivity contribution is 0.460. The van der Waals surface area contributed by atoms with Crippen LogP contribution >= 0.6 is 0 Å². The van der Waals surface area contributed by atoms with Gasteiger partial charge in [0.05, 0.1) is 29.3 Å². The minimum atomic E-state index is 0.395. The van der Waals surface area contributed by atoms with Crippen LogP contribution in [0, 0.1) is 18.8 Å². The molecule has 0 aliphatic rings. The van der Waals surface area contributed by atoms with Crippen molar-refractivity contribution in [2.75, 3.05) is 25.5 Å². The summed E-state index contributed by atoms with van der Waals surface area (Å²) in [6.45, 7) is 19.1. The zero-order valence-electron chi connectivity index (χ0n) is 19.7. The first-order valence-electron chi connectivity index (χ1n) is 10.7. The zero-order valence-corrected chi connectivity index (χ0v) is 19.7. The Balaban J connectivity index is 2.00. The van der Waals surface area contributed by atoms with Crippen molar-refractivity contribution in [2.24, 2.45) is 5.73 Å². The van der Waals surface area contributed by atoms with Gasteiger partial charge in [0.15, 0.2) is 5.82 Å². The van der Waals surface area contributed by atoms with E-state index in [1.165, 1.54) is 5.56 Å². The van der Waals surface area contributed by atoms with Crippen LogP contribution in [0.15, 0.2) is 55.4 Å². The molecule has 0 aliphatic heterocycles. The molecule has 0 radical (unpaired) electrons. The number of benzene rings is 1. The first-order valence-corrected chi connectivity index (χ1v) is 10.7. The maximum absolute atomic E-state index is 5.97. The van der Waals surface area contributed by atoms with E-state index < -0.39 is 0 Å². The van der Waals surface area contributed by atoms with Crippen LogP contribution in [0.1, 0.15) is 36.5 Å². The molecule has 1 aromatic carbocycles. The summed E-state index contributed by atoms with van der Waals surface area (Å²) in [5.74, 6) is 6.44. The highest BCUT2D eigenvalue weighted by atomic mass is 15.1. The fourth-order valence-electron chi connectivity index (χ4n) is 3.20. The number of hydrogen-bond donors (Lipinski definition) is 3. The largest absolute Gasteiger partial charge is 0.397 e. The summed E-state index contributed by atoms with van der Waals surface area (Å²) in [4.78, 5) is 11.3. The Morgan fingerprint density at radius 2 is 1.97 bits per heavy atom. The second kappa shape index (κ2) is 11.6. The highest BCUT2D eigenvalue weighted by Crippen LogP contribution is 2.23. The molecule has 4 N–H and O–H groups in total. The van der Waals surface area contributed by atoms with E-state index in [0.717, 1.165) is 47.9 Å². The van der Waals surface area contributed by atoms with Gasteiger partial charge in [0, 0.05) is 25.0 Å². The van der Waals surface area contributed by atoms with Crippen LogP contribution in [0.5, 0.6) is 0 Å². The summed E-state index contributed by atoms with van der Waals surface area (Å²) in [6, 6.07) is 8.22. The van der Waals surface area contributed by atoms with Gasteiger partial charge < -0.3 is 21.3 Å². The quantitative estimate of drug-likeness (QED) is 0.465. The van der Waals surface area contributed by atoms with Gasteiger partial charge >= 0.3 is 0 Å². The van der Waals surface area contributed by atoms with E-state index in [1.54, 1.807) is 6.92 Å². The van der Waals surface area contributed by atoms with Crippen LogP contribution in [-0.4, -0.2) is 35.0 Å². The average molecular weight is 431 g/mol. The fraction of sp³-hybridized carbons (Fsp3) is 0.308. The molecular formula is C26H34N6. The molecule has 1 heterocycles. The lowest BCUT2D eigenvalue weighted by Crippen LogP contribution is -2.27. The molecule has 0 aliphatic carbocycles. The van der Waals surface area contributed by atoms with Gasteiger partial charge in [0.2, 0.25) is 0 Å². The Labute approximate surface area is 192 Å². The van der Waals surface area contributed by atoms with Crippen molar-refractivity contribution in [1.82, 2.24) is 20.2 Å². The Bertz CT molecular complexity index is 1060. The van der Waals surface area contributed by atoms with Crippen LogP contribution in [0.25, 0.3) is 5.70 Å². The highest BCUT2D eigenvalue weighted by molar-refractivity contribution is 5.72. The molecule has 0 bridgehead atoms. The Kier molecular flexibility index (Phi) is 8.91. The first kappa shape index (κ1) is 24.5. The number of anilines is 2. The van der Waals surface area contributed by atoms with Gasteiger partial charge in [-0.15, -0.1) is 0 Å². The molecule has 32 heavy (non-hydrogen) atoms. The molecule has 1 aromatic heterocycles. The number of rotatable bonds is 11. The molecule has 168 valence electrons. The third-order valence-corrected chi connectivity index (χ3v) is 4.94. The van der Waals surface area contributed by atoms with Gasteiger partial charge in [-0.25, -0.2) is 9.97 Å². The highest BCUT2D eigenvalue weighted by Gasteiger charge is 2.12. The van der Waals surface area contributed by atoms with E-state index in [0.29, 0.717) is 23.8 Å². The molecule has 0 saturated carbocycles. The minimum absolute atomic E-state index is 0.395. The van der Waals surface area contributed by atoms with Gasteiger partial charge in [-0.2, -0.15) is 0 Å². The van der Waals surface area contributed by atoms with E-state index in [-0.39, 0.29) is 0 Å². The third-order valence-electron chi connectivity index (χ3n) is 4.94. The normalized spacial score (nSPS) is 10.0. The first-order chi connectivity index (χ1) is 15.2. The molecule has 0 spiro atoms. The average Bonchev–Trinajstić information content (AvgIpc) is 2.74. The SMILES string of the molecule is C=C(CN(C)C(=C)C#CC)NCCc1cccc(Nc2nc(C)c(CC)nc2C(=C)N)c1. The number of nitrogens with zero attached hydrogens (tertiary/aromatic N) is 3. The van der Waals surface area contributed by atoms with Crippen LogP contribution in [0.3, 0.4) is 0 Å². The maximum Gasteiger partial charge on any atom is 0.158 e. The van der Waals surface area contributed by atoms with Crippen molar-refractivity contribution >= 4 is 17.2 Å². The Morgan fingerprint density at radius 1 is 1.22 bits per heavy atom. The molecule has 6 heteroatoms. The van der Waals surface area contributed by atoms with Crippen LogP contribution in [-0.2, 0) is 12.8 Å². The molecule has 0 fully saturated rings. The van der Waals surface area contributed by atoms with Crippen molar-refractivity contribution in [2.45, 2.75) is 33.6 Å². The Morgan fingerprint density at radius 3 is 2.62 bits per heavy atom. The standard InChI is InChI=1S/C26H34N6/c1-8-11-19(4)32(7)17-18(3)28-15-14-22-12-10-13-23(16-22)30-26-25(20(5)27)31-24(9-2)21(6)29-26/h10,12-13,16,28H,3-5,9,14-15,17,27H2,1-2,6-7H3,(H,29,30). The number of aryl methyl sites for hydroxylation is 2. The number of hydrogen-bond acceptors (Lipinski definition) is 6. The van der Waals surface area contributed by atoms with Gasteiger partial charge in [0.1, 0.15) is 5.69 Å². The number of nitrogens with two attached hydrogens (primary N) is 1. The van der Waals surface area contributed by atoms with Gasteiger partial charge in [-0.1, -0.05) is 50.6 Å². The number of allylic oxidation sites excluding steroid dienone is 1. The van der Waals surface area contributed by atoms with Gasteiger partial charge in [-0.05, 0) is 44.4 Å². The van der Waals surface area contributed by atoms with Gasteiger partial charge in [0.25, 0.3) is 0 Å². The van der Waals surface area contributed by atoms with Crippen molar-refractivity contribution in [3.8, 4) is 11.8 Å². The number of aromatic nitrogens is 2. The number of likely N-dealkylation sites (N-methyl/N-ethyl adjacent to an activating group) is 1. The van der Waals surface area contributed by atoms with E-state index >= 15 is 0 Å². The lowest BCUT2D eigenvalue weighted by Gasteiger charge is -2.20. The predicted octanol–water partition coefficient (Wildman–Crippen LogP) is 4.14. The van der Waals surface area contributed by atoms with E-state index in [1.807, 2.05) is 37.9 Å². The van der Waals surface area contributed by atoms with E-state index in [2.05, 4.69) is 64.3 Å². The molecule has 6 nitrogen and oxygen atoms in total. The van der Waals surface area contributed by atoms with Gasteiger partial charge in [-0.3, -0.25) is 0 Å². The molecule has 0 unspecified atom stereocenters.